The second-order valence-electron chi connectivity index (χ2n) is 3.13. The third-order valence-electron chi connectivity index (χ3n) is 1.15. The number of carbonyl (C=O) groups is 1. The zero-order valence-electron chi connectivity index (χ0n) is 8.97. The van der Waals surface area contributed by atoms with Gasteiger partial charge in [-0.25, -0.2) is 8.42 Å². The fraction of sp³-hybridized carbons (Fsp3) is 0.857. The largest absolute Gasteiger partial charge is 0.748 e. The Kier molecular flexibility index (Phi) is 9.02. The minimum atomic E-state index is -3.92. The normalized spacial score (nSPS) is 12.9. The van der Waals surface area contributed by atoms with Crippen LogP contribution >= 0.6 is 0 Å². The highest BCUT2D eigenvalue weighted by Crippen LogP contribution is 1.93. The lowest BCUT2D eigenvalue weighted by Gasteiger charge is -2.02. The van der Waals surface area contributed by atoms with Gasteiger partial charge in [-0.05, 0) is 10.9 Å². The Labute approximate surface area is 93.0 Å². The highest BCUT2D eigenvalue weighted by molar-refractivity contribution is 7.95. The maximum Gasteiger partial charge on any atom is 0.320 e. The second kappa shape index (κ2) is 7.91. The van der Waals surface area contributed by atoms with Crippen LogP contribution < -0.4 is 5.73 Å². The molecular weight excluding hydrogens is 242 g/mol. The van der Waals surface area contributed by atoms with Gasteiger partial charge in [-0.1, -0.05) is 0 Å². The smallest absolute Gasteiger partial charge is 0.320 e. The summed E-state index contributed by atoms with van der Waals surface area (Å²) in [6.45, 7) is 0. The van der Waals surface area contributed by atoms with E-state index < -0.39 is 22.1 Å². The van der Waals surface area contributed by atoms with Crippen molar-refractivity contribution in [1.29, 1.82) is 0 Å². The number of carboxylic acid groups (broad SMARTS) is 1. The summed E-state index contributed by atoms with van der Waals surface area (Å²) < 4.78 is 27.2. The molecule has 0 spiro atoms. The molecule has 8 heteroatoms. The molecule has 0 aliphatic heterocycles. The van der Waals surface area contributed by atoms with E-state index in [0.29, 0.717) is 23.6 Å². The predicted octanol–water partition coefficient (Wildman–Crippen LogP) is -1.17. The zero-order valence-corrected chi connectivity index (χ0v) is 10.6. The van der Waals surface area contributed by atoms with Crippen LogP contribution in [0.1, 0.15) is 6.42 Å². The van der Waals surface area contributed by atoms with Crippen molar-refractivity contribution >= 4 is 27.0 Å². The van der Waals surface area contributed by atoms with E-state index in [4.69, 9.17) is 23.8 Å². The Balaban J connectivity index is 0. The Bertz CT molecular complexity index is 267. The first kappa shape index (κ1) is 17.1. The van der Waals surface area contributed by atoms with Crippen LogP contribution in [0, 0.1) is 0 Å². The molecule has 0 aromatic heterocycles. The van der Waals surface area contributed by atoms with Gasteiger partial charge in [-0.3, -0.25) is 4.79 Å². The van der Waals surface area contributed by atoms with Gasteiger partial charge in [-0.15, -0.1) is 0 Å². The quantitative estimate of drug-likeness (QED) is 0.484. The van der Waals surface area contributed by atoms with Crippen molar-refractivity contribution in [2.45, 2.75) is 12.5 Å². The van der Waals surface area contributed by atoms with Gasteiger partial charge in [-0.2, -0.15) is 0 Å². The van der Waals surface area contributed by atoms with E-state index in [9.17, 15) is 4.79 Å². The van der Waals surface area contributed by atoms with E-state index in [-0.39, 0.29) is 0 Å². The van der Waals surface area contributed by atoms with Crippen LogP contribution in [0.25, 0.3) is 0 Å². The monoisotopic (exact) mass is 259 g/mol. The van der Waals surface area contributed by atoms with Crippen LogP contribution in [-0.2, 0) is 25.8 Å². The minimum absolute atomic E-state index is 0.304. The average Bonchev–Trinajstić information content (AvgIpc) is 1.96. The Morgan fingerprint density at radius 2 is 1.87 bits per heavy atom. The Hall–Kier alpha value is -0.310. The summed E-state index contributed by atoms with van der Waals surface area (Å²) in [5, 5.41) is 8.37. The number of hydrogen-bond acceptors (Lipinski definition) is 5. The molecule has 0 aromatic carbocycles. The van der Waals surface area contributed by atoms with Crippen LogP contribution in [0.5, 0.6) is 0 Å². The first-order valence-electron chi connectivity index (χ1n) is 3.97. The lowest BCUT2D eigenvalue weighted by Crippen LogP contribution is -2.31. The van der Waals surface area contributed by atoms with E-state index in [1.165, 1.54) is 0 Å². The number of aliphatic carboxylic acids is 1. The maximum absolute atomic E-state index is 10.2. The molecule has 0 radical (unpaired) electrons. The highest BCUT2D eigenvalue weighted by Gasteiger charge is 2.14. The molecule has 6 nitrogen and oxygen atoms in total. The van der Waals surface area contributed by atoms with Crippen molar-refractivity contribution < 1.29 is 22.9 Å². The lowest BCUT2D eigenvalue weighted by atomic mass is 10.2. The van der Waals surface area contributed by atoms with Crippen molar-refractivity contribution in [2.24, 2.45) is 5.73 Å². The van der Waals surface area contributed by atoms with Crippen molar-refractivity contribution in [3.63, 3.8) is 0 Å². The maximum atomic E-state index is 10.2. The summed E-state index contributed by atoms with van der Waals surface area (Å²) in [6.07, 6.45) is 5.35. The molecule has 0 aromatic rings. The second-order valence-corrected chi connectivity index (χ2v) is 6.91. The fourth-order valence-electron chi connectivity index (χ4n) is 0.486. The molecule has 0 rings (SSSR count). The third-order valence-corrected chi connectivity index (χ3v) is 2.21. The van der Waals surface area contributed by atoms with Gasteiger partial charge < -0.3 is 15.4 Å². The van der Waals surface area contributed by atoms with Crippen LogP contribution in [0.2, 0.25) is 0 Å². The number of nitrogens with two attached hydrogens (primary N) is 1. The van der Waals surface area contributed by atoms with E-state index in [0.717, 1.165) is 5.75 Å². The topological polar surface area (TPSA) is 121 Å². The average molecular weight is 259 g/mol. The first-order chi connectivity index (χ1) is 6.54. The van der Waals surface area contributed by atoms with Gasteiger partial charge in [0.15, 0.2) is 0 Å². The number of hydrogen-bond donors (Lipinski definition) is 2. The first-order valence-corrected chi connectivity index (χ1v) is 8.00. The molecule has 0 saturated heterocycles. The van der Waals surface area contributed by atoms with E-state index in [1.807, 2.05) is 0 Å². The molecular formula is C7H17NO5S2. The van der Waals surface area contributed by atoms with Crippen LogP contribution in [0.3, 0.4) is 0 Å². The van der Waals surface area contributed by atoms with E-state index >= 15 is 0 Å². The Morgan fingerprint density at radius 3 is 2.07 bits per heavy atom. The van der Waals surface area contributed by atoms with Gasteiger partial charge >= 0.3 is 5.97 Å². The molecule has 0 unspecified atom stereocenters. The van der Waals surface area contributed by atoms with Gasteiger partial charge in [0.1, 0.15) is 11.8 Å². The lowest BCUT2D eigenvalue weighted by molar-refractivity contribution is -0.138. The molecule has 92 valence electrons. The standard InChI is InChI=1S/C6H13NO2S.CH4O3S/c1-10(2)4-3-5(7)6(8)9;1-5(2,3)4/h5H,3-4,7H2,1-2H3;1H3,(H,2,3,4)/t5-;/m0./s1. The molecule has 0 fully saturated rings. The summed E-state index contributed by atoms with van der Waals surface area (Å²) in [7, 11) is -3.61. The van der Waals surface area contributed by atoms with Crippen LogP contribution in [-0.4, -0.2) is 54.6 Å². The Morgan fingerprint density at radius 1 is 1.53 bits per heavy atom. The molecule has 0 amide bonds. The fourth-order valence-corrected chi connectivity index (χ4v) is 1.21. The summed E-state index contributed by atoms with van der Waals surface area (Å²) in [6, 6.07) is -0.671. The third kappa shape index (κ3) is 24.8. The predicted molar refractivity (Wildman–Crippen MR) is 59.9 cm³/mol. The molecule has 0 saturated carbocycles. The summed E-state index contributed by atoms with van der Waals surface area (Å²) in [4.78, 5) is 10.2. The summed E-state index contributed by atoms with van der Waals surface area (Å²) in [5.41, 5.74) is 5.27. The van der Waals surface area contributed by atoms with E-state index in [2.05, 4.69) is 12.5 Å². The molecule has 3 N–H and O–H groups in total. The zero-order chi connectivity index (χ0) is 12.6. The SMILES string of the molecule is CS(=O)(=O)[O-].C[S+](C)CC[C@H](N)C(=O)O. The van der Waals surface area contributed by atoms with Gasteiger partial charge in [0.05, 0.1) is 22.6 Å². The molecule has 0 bridgehead atoms. The number of carboxylic acids is 1. The number of rotatable bonds is 4. The molecule has 0 heterocycles. The van der Waals surface area contributed by atoms with Crippen molar-refractivity contribution in [2.75, 3.05) is 24.5 Å². The molecule has 15 heavy (non-hydrogen) atoms. The van der Waals surface area contributed by atoms with Gasteiger partial charge in [0.2, 0.25) is 0 Å². The van der Waals surface area contributed by atoms with Gasteiger partial charge in [0, 0.05) is 12.7 Å². The van der Waals surface area contributed by atoms with Crippen molar-refractivity contribution in [3.8, 4) is 0 Å². The highest BCUT2D eigenvalue weighted by atomic mass is 32.2. The summed E-state index contributed by atoms with van der Waals surface area (Å²) in [5.74, 6) is 0.0125. The molecule has 0 aliphatic rings. The van der Waals surface area contributed by atoms with Crippen molar-refractivity contribution in [1.82, 2.24) is 0 Å². The minimum Gasteiger partial charge on any atom is -0.748 e. The van der Waals surface area contributed by atoms with Crippen LogP contribution in [0.4, 0.5) is 0 Å². The van der Waals surface area contributed by atoms with Gasteiger partial charge in [0.25, 0.3) is 0 Å². The van der Waals surface area contributed by atoms with E-state index in [1.54, 1.807) is 0 Å². The summed E-state index contributed by atoms with van der Waals surface area (Å²) >= 11 is 0. The van der Waals surface area contributed by atoms with Crippen LogP contribution in [0.15, 0.2) is 0 Å². The molecule has 0 aliphatic carbocycles. The van der Waals surface area contributed by atoms with Crippen molar-refractivity contribution in [3.05, 3.63) is 0 Å². The molecule has 1 atom stereocenters.